The van der Waals surface area contributed by atoms with E-state index in [1.54, 1.807) is 18.6 Å². The molecule has 0 aromatic carbocycles. The Labute approximate surface area is 122 Å². The van der Waals surface area contributed by atoms with E-state index in [0.29, 0.717) is 12.2 Å². The van der Waals surface area contributed by atoms with E-state index in [1.165, 1.54) is 4.68 Å². The van der Waals surface area contributed by atoms with Crippen molar-refractivity contribution < 1.29 is 0 Å². The molecule has 1 N–H and O–H groups in total. The number of pyridine rings is 2. The second-order valence-electron chi connectivity index (χ2n) is 5.09. The first-order valence-electron chi connectivity index (χ1n) is 6.77. The smallest absolute Gasteiger partial charge is 0.276 e. The van der Waals surface area contributed by atoms with Crippen LogP contribution in [0.3, 0.4) is 0 Å². The number of hydrogen-bond acceptors (Lipinski definition) is 3. The van der Waals surface area contributed by atoms with Crippen LogP contribution in [0.15, 0.2) is 47.7 Å². The predicted molar refractivity (Wildman–Crippen MR) is 80.7 cm³/mol. The highest BCUT2D eigenvalue weighted by molar-refractivity contribution is 5.30. The highest BCUT2D eigenvalue weighted by Gasteiger charge is 2.13. The molecule has 0 spiro atoms. The molecule has 3 heterocycles. The molecular formula is C16H16N4O. The van der Waals surface area contributed by atoms with E-state index in [9.17, 15) is 4.79 Å². The van der Waals surface area contributed by atoms with E-state index in [2.05, 4.69) is 15.1 Å². The summed E-state index contributed by atoms with van der Waals surface area (Å²) in [6, 6.07) is 7.61. The maximum atomic E-state index is 12.6. The first-order chi connectivity index (χ1) is 10.1. The van der Waals surface area contributed by atoms with Crippen molar-refractivity contribution in [3.63, 3.8) is 0 Å². The van der Waals surface area contributed by atoms with Crippen molar-refractivity contribution in [2.24, 2.45) is 0 Å². The summed E-state index contributed by atoms with van der Waals surface area (Å²) in [7, 11) is 0. The monoisotopic (exact) mass is 280 g/mol. The van der Waals surface area contributed by atoms with Crippen molar-refractivity contribution in [2.75, 3.05) is 0 Å². The minimum Gasteiger partial charge on any atom is -0.294 e. The highest BCUT2D eigenvalue weighted by atomic mass is 16.1. The molecule has 0 unspecified atom stereocenters. The van der Waals surface area contributed by atoms with Crippen molar-refractivity contribution in [3.05, 3.63) is 75.6 Å². The summed E-state index contributed by atoms with van der Waals surface area (Å²) in [5.74, 6) is 0.603. The quantitative estimate of drug-likeness (QED) is 0.799. The molecule has 0 saturated carbocycles. The van der Waals surface area contributed by atoms with Crippen LogP contribution in [0.5, 0.6) is 0 Å². The van der Waals surface area contributed by atoms with Gasteiger partial charge in [-0.05, 0) is 37.1 Å². The first-order valence-corrected chi connectivity index (χ1v) is 6.77. The Morgan fingerprint density at radius 2 is 2.05 bits per heavy atom. The Kier molecular flexibility index (Phi) is 3.39. The van der Waals surface area contributed by atoms with E-state index >= 15 is 0 Å². The van der Waals surface area contributed by atoms with Gasteiger partial charge in [0.2, 0.25) is 0 Å². The molecule has 0 aliphatic carbocycles. The third kappa shape index (κ3) is 2.63. The topological polar surface area (TPSA) is 63.6 Å². The summed E-state index contributed by atoms with van der Waals surface area (Å²) < 4.78 is 1.49. The zero-order chi connectivity index (χ0) is 14.8. The normalized spacial score (nSPS) is 10.8. The standard InChI is InChI=1S/C16H16N4O/c1-11-5-6-15(18-9-11)20-16(21)14(12(2)19-20)8-13-4-3-7-17-10-13/h3-7,9-10,19H,8H2,1-2H3. The van der Waals surface area contributed by atoms with Crippen molar-refractivity contribution in [3.8, 4) is 5.82 Å². The maximum Gasteiger partial charge on any atom is 0.276 e. The summed E-state index contributed by atoms with van der Waals surface area (Å²) in [5.41, 5.74) is 3.61. The Bertz CT molecular complexity index is 801. The Morgan fingerprint density at radius 1 is 1.19 bits per heavy atom. The fraction of sp³-hybridized carbons (Fsp3) is 0.188. The van der Waals surface area contributed by atoms with Crippen LogP contribution in [0.25, 0.3) is 5.82 Å². The summed E-state index contributed by atoms with van der Waals surface area (Å²) in [4.78, 5) is 20.9. The van der Waals surface area contributed by atoms with E-state index in [0.717, 1.165) is 22.4 Å². The number of nitrogens with zero attached hydrogens (tertiary/aromatic N) is 3. The van der Waals surface area contributed by atoms with E-state index in [4.69, 9.17) is 0 Å². The molecule has 0 aliphatic heterocycles. The van der Waals surface area contributed by atoms with Crippen molar-refractivity contribution in [1.82, 2.24) is 19.7 Å². The number of nitrogens with one attached hydrogen (secondary N) is 1. The van der Waals surface area contributed by atoms with E-state index in [-0.39, 0.29) is 5.56 Å². The van der Waals surface area contributed by atoms with Gasteiger partial charge in [-0.2, -0.15) is 0 Å². The minimum absolute atomic E-state index is 0.0623. The molecule has 0 atom stereocenters. The molecule has 0 bridgehead atoms. The van der Waals surface area contributed by atoms with Crippen LogP contribution in [0.1, 0.15) is 22.4 Å². The fourth-order valence-electron chi connectivity index (χ4n) is 2.25. The largest absolute Gasteiger partial charge is 0.294 e. The lowest BCUT2D eigenvalue weighted by molar-refractivity contribution is 0.805. The molecule has 106 valence electrons. The summed E-state index contributed by atoms with van der Waals surface area (Å²) in [5, 5.41) is 3.09. The minimum atomic E-state index is -0.0623. The van der Waals surface area contributed by atoms with Crippen LogP contribution in [-0.2, 0) is 6.42 Å². The van der Waals surface area contributed by atoms with Gasteiger partial charge in [-0.15, -0.1) is 0 Å². The second kappa shape index (κ2) is 5.36. The van der Waals surface area contributed by atoms with Gasteiger partial charge < -0.3 is 0 Å². The molecular weight excluding hydrogens is 264 g/mol. The zero-order valence-corrected chi connectivity index (χ0v) is 12.0. The van der Waals surface area contributed by atoms with Crippen molar-refractivity contribution >= 4 is 0 Å². The van der Waals surface area contributed by atoms with E-state index in [1.807, 2.05) is 38.1 Å². The lowest BCUT2D eigenvalue weighted by Gasteiger charge is -2.00. The van der Waals surface area contributed by atoms with Gasteiger partial charge in [0, 0.05) is 36.3 Å². The molecule has 3 aromatic rings. The first kappa shape index (κ1) is 13.3. The molecule has 0 aliphatic rings. The molecule has 3 aromatic heterocycles. The van der Waals surface area contributed by atoms with Gasteiger partial charge in [0.15, 0.2) is 5.82 Å². The number of aryl methyl sites for hydroxylation is 2. The Morgan fingerprint density at radius 3 is 2.71 bits per heavy atom. The Hall–Kier alpha value is -2.69. The van der Waals surface area contributed by atoms with Gasteiger partial charge in [0.25, 0.3) is 5.56 Å². The van der Waals surface area contributed by atoms with Crippen LogP contribution in [-0.4, -0.2) is 19.7 Å². The predicted octanol–water partition coefficient (Wildman–Crippen LogP) is 2.16. The summed E-state index contributed by atoms with van der Waals surface area (Å²) in [6.45, 7) is 3.87. The van der Waals surface area contributed by atoms with Crippen LogP contribution in [0.4, 0.5) is 0 Å². The maximum absolute atomic E-state index is 12.6. The van der Waals surface area contributed by atoms with Gasteiger partial charge in [-0.3, -0.25) is 14.9 Å². The summed E-state index contributed by atoms with van der Waals surface area (Å²) in [6.07, 6.45) is 5.81. The number of rotatable bonds is 3. The lowest BCUT2D eigenvalue weighted by Crippen LogP contribution is -2.18. The van der Waals surface area contributed by atoms with Gasteiger partial charge in [0.05, 0.1) is 0 Å². The van der Waals surface area contributed by atoms with Gasteiger partial charge in [-0.25, -0.2) is 9.67 Å². The van der Waals surface area contributed by atoms with Gasteiger partial charge >= 0.3 is 0 Å². The SMILES string of the molecule is Cc1ccc(-n2[nH]c(C)c(Cc3cccnc3)c2=O)nc1. The molecule has 0 amide bonds. The van der Waals surface area contributed by atoms with Crippen molar-refractivity contribution in [2.45, 2.75) is 20.3 Å². The van der Waals surface area contributed by atoms with Crippen LogP contribution >= 0.6 is 0 Å². The average molecular weight is 280 g/mol. The lowest BCUT2D eigenvalue weighted by atomic mass is 10.1. The fourth-order valence-corrected chi connectivity index (χ4v) is 2.25. The number of aromatic nitrogens is 4. The average Bonchev–Trinajstić information content (AvgIpc) is 2.77. The third-order valence-electron chi connectivity index (χ3n) is 3.42. The third-order valence-corrected chi connectivity index (χ3v) is 3.42. The number of hydrogen-bond donors (Lipinski definition) is 1. The molecule has 3 rings (SSSR count). The van der Waals surface area contributed by atoms with Crippen LogP contribution < -0.4 is 5.56 Å². The number of aromatic amines is 1. The molecule has 0 radical (unpaired) electrons. The molecule has 5 nitrogen and oxygen atoms in total. The highest BCUT2D eigenvalue weighted by Crippen LogP contribution is 2.10. The Balaban J connectivity index is 2.01. The van der Waals surface area contributed by atoms with Gasteiger partial charge in [0.1, 0.15) is 0 Å². The second-order valence-corrected chi connectivity index (χ2v) is 5.09. The van der Waals surface area contributed by atoms with Gasteiger partial charge in [-0.1, -0.05) is 12.1 Å². The molecule has 21 heavy (non-hydrogen) atoms. The number of H-pyrrole nitrogens is 1. The summed E-state index contributed by atoms with van der Waals surface area (Å²) >= 11 is 0. The van der Waals surface area contributed by atoms with Crippen molar-refractivity contribution in [1.29, 1.82) is 0 Å². The zero-order valence-electron chi connectivity index (χ0n) is 12.0. The van der Waals surface area contributed by atoms with Crippen LogP contribution in [0, 0.1) is 13.8 Å². The molecule has 0 saturated heterocycles. The molecule has 0 fully saturated rings. The van der Waals surface area contributed by atoms with Crippen LogP contribution in [0.2, 0.25) is 0 Å². The van der Waals surface area contributed by atoms with E-state index < -0.39 is 0 Å². The molecule has 5 heteroatoms.